The second kappa shape index (κ2) is 8.29. The van der Waals surface area contributed by atoms with Crippen LogP contribution in [-0.4, -0.2) is 70.1 Å². The molecule has 2 aromatic rings. The van der Waals surface area contributed by atoms with Crippen molar-refractivity contribution >= 4 is 23.2 Å². The summed E-state index contributed by atoms with van der Waals surface area (Å²) in [5.74, 6) is 0.280. The summed E-state index contributed by atoms with van der Waals surface area (Å²) < 4.78 is 11.1. The van der Waals surface area contributed by atoms with E-state index >= 15 is 0 Å². The highest BCUT2D eigenvalue weighted by atomic mass is 35.5. The number of aromatic nitrogens is 2. The SMILES string of the molecule is Cc1nc(C2CN(C(=O)c3ccccc3OC3COCC3O)CC2=N)nc(C)c1Cl. The lowest BCUT2D eigenvalue weighted by Crippen LogP contribution is -2.32. The van der Waals surface area contributed by atoms with E-state index in [1.807, 2.05) is 0 Å². The quantitative estimate of drug-likeness (QED) is 0.769. The van der Waals surface area contributed by atoms with Gasteiger partial charge in [0.2, 0.25) is 0 Å². The predicted octanol–water partition coefficient (Wildman–Crippen LogP) is 2.14. The number of ether oxygens (including phenoxy) is 2. The van der Waals surface area contributed by atoms with Crippen molar-refractivity contribution in [3.05, 3.63) is 52.1 Å². The fraction of sp³-hybridized carbons (Fsp3) is 0.429. The van der Waals surface area contributed by atoms with E-state index in [4.69, 9.17) is 26.5 Å². The third-order valence-electron chi connectivity index (χ3n) is 5.38. The van der Waals surface area contributed by atoms with E-state index in [2.05, 4.69) is 9.97 Å². The van der Waals surface area contributed by atoms with Crippen molar-refractivity contribution in [1.82, 2.24) is 14.9 Å². The number of halogens is 1. The molecule has 2 aliphatic heterocycles. The Morgan fingerprint density at radius 1 is 1.27 bits per heavy atom. The maximum absolute atomic E-state index is 13.2. The van der Waals surface area contributed by atoms with Crippen molar-refractivity contribution in [2.24, 2.45) is 0 Å². The number of hydrogen-bond donors (Lipinski definition) is 2. The molecule has 2 saturated heterocycles. The fourth-order valence-electron chi connectivity index (χ4n) is 3.70. The number of nitrogens with one attached hydrogen (secondary N) is 1. The molecule has 4 rings (SSSR count). The summed E-state index contributed by atoms with van der Waals surface area (Å²) in [7, 11) is 0. The van der Waals surface area contributed by atoms with Crippen LogP contribution in [0, 0.1) is 19.3 Å². The van der Waals surface area contributed by atoms with Gasteiger partial charge < -0.3 is 24.9 Å². The standard InChI is InChI=1S/C21H23ClN4O4/c1-11-19(22)12(2)25-20(24-11)14-7-26(8-15(14)23)21(28)13-5-3-4-6-17(13)30-18-10-29-9-16(18)27/h3-6,14,16,18,23,27H,7-10H2,1-2H3. The average Bonchev–Trinajstić information content (AvgIpc) is 3.31. The van der Waals surface area contributed by atoms with Crippen molar-refractivity contribution in [1.29, 1.82) is 5.41 Å². The van der Waals surface area contributed by atoms with Gasteiger partial charge in [-0.1, -0.05) is 23.7 Å². The zero-order valence-corrected chi connectivity index (χ0v) is 17.5. The van der Waals surface area contributed by atoms with Crippen molar-refractivity contribution in [3.8, 4) is 5.75 Å². The van der Waals surface area contributed by atoms with Crippen LogP contribution in [0.5, 0.6) is 5.75 Å². The third kappa shape index (κ3) is 3.90. The molecule has 2 aliphatic rings. The normalized spacial score (nSPS) is 23.8. The molecule has 0 bridgehead atoms. The Morgan fingerprint density at radius 2 is 1.97 bits per heavy atom. The van der Waals surface area contributed by atoms with Crippen molar-refractivity contribution in [2.45, 2.75) is 32.0 Å². The number of carbonyl (C=O) groups is 1. The van der Waals surface area contributed by atoms with Gasteiger partial charge in [-0.3, -0.25) is 4.79 Å². The number of rotatable bonds is 4. The van der Waals surface area contributed by atoms with Crippen molar-refractivity contribution in [2.75, 3.05) is 26.3 Å². The first-order valence-corrected chi connectivity index (χ1v) is 10.1. The summed E-state index contributed by atoms with van der Waals surface area (Å²) in [6, 6.07) is 6.92. The van der Waals surface area contributed by atoms with E-state index in [0.717, 1.165) is 0 Å². The second-order valence-electron chi connectivity index (χ2n) is 7.59. The minimum Gasteiger partial charge on any atom is -0.484 e. The van der Waals surface area contributed by atoms with Gasteiger partial charge in [-0.15, -0.1) is 0 Å². The Balaban J connectivity index is 1.55. The van der Waals surface area contributed by atoms with Gasteiger partial charge in [-0.05, 0) is 26.0 Å². The Morgan fingerprint density at radius 3 is 2.63 bits per heavy atom. The first-order chi connectivity index (χ1) is 14.3. The minimum atomic E-state index is -0.731. The molecule has 9 heteroatoms. The highest BCUT2D eigenvalue weighted by Gasteiger charge is 2.36. The molecule has 0 spiro atoms. The predicted molar refractivity (Wildman–Crippen MR) is 111 cm³/mol. The monoisotopic (exact) mass is 430 g/mol. The molecule has 0 radical (unpaired) electrons. The van der Waals surface area contributed by atoms with Crippen LogP contribution in [0.15, 0.2) is 24.3 Å². The minimum absolute atomic E-state index is 0.192. The van der Waals surface area contributed by atoms with Crippen LogP contribution in [0.25, 0.3) is 0 Å². The van der Waals surface area contributed by atoms with Gasteiger partial charge in [-0.25, -0.2) is 9.97 Å². The highest BCUT2D eigenvalue weighted by molar-refractivity contribution is 6.31. The van der Waals surface area contributed by atoms with E-state index in [9.17, 15) is 9.90 Å². The third-order valence-corrected chi connectivity index (χ3v) is 5.93. The van der Waals surface area contributed by atoms with Gasteiger partial charge in [0.1, 0.15) is 23.8 Å². The molecule has 3 unspecified atom stereocenters. The summed E-state index contributed by atoms with van der Waals surface area (Å²) in [5, 5.41) is 18.9. The summed E-state index contributed by atoms with van der Waals surface area (Å²) in [6.45, 7) is 4.59. The Kier molecular flexibility index (Phi) is 5.73. The molecule has 30 heavy (non-hydrogen) atoms. The van der Waals surface area contributed by atoms with Crippen LogP contribution in [-0.2, 0) is 4.74 Å². The maximum Gasteiger partial charge on any atom is 0.257 e. The largest absolute Gasteiger partial charge is 0.484 e. The number of carbonyl (C=O) groups excluding carboxylic acids is 1. The summed E-state index contributed by atoms with van der Waals surface area (Å²) >= 11 is 6.17. The summed E-state index contributed by atoms with van der Waals surface area (Å²) in [4.78, 5) is 23.7. The number of aryl methyl sites for hydroxylation is 2. The molecule has 158 valence electrons. The number of aliphatic hydroxyl groups excluding tert-OH is 1. The second-order valence-corrected chi connectivity index (χ2v) is 7.97. The number of para-hydroxylation sites is 1. The molecular formula is C21H23ClN4O4. The lowest BCUT2D eigenvalue weighted by Gasteiger charge is -2.21. The van der Waals surface area contributed by atoms with E-state index in [1.54, 1.807) is 43.0 Å². The number of amides is 1. The number of aliphatic hydroxyl groups is 1. The van der Waals surface area contributed by atoms with Gasteiger partial charge in [0.05, 0.1) is 47.7 Å². The molecule has 1 aromatic carbocycles. The van der Waals surface area contributed by atoms with Gasteiger partial charge in [0, 0.05) is 12.3 Å². The van der Waals surface area contributed by atoms with Crippen LogP contribution in [0.3, 0.4) is 0 Å². The van der Waals surface area contributed by atoms with Gasteiger partial charge in [0.25, 0.3) is 5.91 Å². The van der Waals surface area contributed by atoms with E-state index < -0.39 is 12.2 Å². The molecule has 8 nitrogen and oxygen atoms in total. The average molecular weight is 431 g/mol. The molecule has 0 aliphatic carbocycles. The maximum atomic E-state index is 13.2. The fourth-order valence-corrected chi connectivity index (χ4v) is 3.79. The topological polar surface area (TPSA) is 109 Å². The molecule has 2 fully saturated rings. The molecule has 3 heterocycles. The Labute approximate surface area is 179 Å². The number of nitrogens with zero attached hydrogens (tertiary/aromatic N) is 3. The highest BCUT2D eigenvalue weighted by Crippen LogP contribution is 2.29. The Hall–Kier alpha value is -2.55. The molecular weight excluding hydrogens is 408 g/mol. The molecule has 1 aromatic heterocycles. The van der Waals surface area contributed by atoms with Crippen LogP contribution in [0.1, 0.15) is 33.5 Å². The summed E-state index contributed by atoms with van der Waals surface area (Å²) in [6.07, 6.45) is -1.25. The molecule has 1 amide bonds. The van der Waals surface area contributed by atoms with E-state index in [1.165, 1.54) is 0 Å². The first-order valence-electron chi connectivity index (χ1n) is 9.74. The lowest BCUT2D eigenvalue weighted by molar-refractivity contribution is 0.0685. The molecule has 0 saturated carbocycles. The number of benzene rings is 1. The van der Waals surface area contributed by atoms with E-state index in [-0.39, 0.29) is 31.6 Å². The van der Waals surface area contributed by atoms with Crippen molar-refractivity contribution < 1.29 is 19.4 Å². The zero-order chi connectivity index (χ0) is 21.4. The number of likely N-dealkylation sites (tertiary alicyclic amines) is 1. The molecule has 3 atom stereocenters. The van der Waals surface area contributed by atoms with Gasteiger partial charge >= 0.3 is 0 Å². The summed E-state index contributed by atoms with van der Waals surface area (Å²) in [5.41, 5.74) is 2.08. The smallest absolute Gasteiger partial charge is 0.257 e. The van der Waals surface area contributed by atoms with Crippen molar-refractivity contribution in [3.63, 3.8) is 0 Å². The van der Waals surface area contributed by atoms with Crippen LogP contribution >= 0.6 is 11.6 Å². The van der Waals surface area contributed by atoms with Crippen LogP contribution in [0.4, 0.5) is 0 Å². The zero-order valence-electron chi connectivity index (χ0n) is 16.8. The number of hydrogen-bond acceptors (Lipinski definition) is 7. The first kappa shape index (κ1) is 20.7. The van der Waals surface area contributed by atoms with Crippen LogP contribution < -0.4 is 4.74 Å². The van der Waals surface area contributed by atoms with Gasteiger partial charge in [-0.2, -0.15) is 0 Å². The lowest BCUT2D eigenvalue weighted by atomic mass is 10.1. The molecule has 2 N–H and O–H groups in total. The van der Waals surface area contributed by atoms with E-state index in [0.29, 0.717) is 45.8 Å². The van der Waals surface area contributed by atoms with Gasteiger partial charge in [0.15, 0.2) is 0 Å². The Bertz CT molecular complexity index is 976. The van der Waals surface area contributed by atoms with Crippen LogP contribution in [0.2, 0.25) is 5.02 Å².